The van der Waals surface area contributed by atoms with E-state index in [-0.39, 0.29) is 6.61 Å². The maximum Gasteiger partial charge on any atom is 0.124 e. The summed E-state index contributed by atoms with van der Waals surface area (Å²) in [6.45, 7) is 2.60. The predicted molar refractivity (Wildman–Crippen MR) is 69.0 cm³/mol. The predicted octanol–water partition coefficient (Wildman–Crippen LogP) is 3.24. The van der Waals surface area contributed by atoms with Crippen molar-refractivity contribution < 1.29 is 9.84 Å². The van der Waals surface area contributed by atoms with Crippen LogP contribution >= 0.6 is 0 Å². The Bertz CT molecular complexity index is 454. The third-order valence-electron chi connectivity index (χ3n) is 2.66. The summed E-state index contributed by atoms with van der Waals surface area (Å²) in [7, 11) is 0. The molecule has 0 aliphatic heterocycles. The summed E-state index contributed by atoms with van der Waals surface area (Å²) in [6, 6.07) is 16.0. The summed E-state index contributed by atoms with van der Waals surface area (Å²) < 4.78 is 5.27. The third kappa shape index (κ3) is 2.66. The van der Waals surface area contributed by atoms with Crippen LogP contribution in [0.4, 0.5) is 0 Å². The van der Waals surface area contributed by atoms with Crippen LogP contribution in [0.2, 0.25) is 0 Å². The van der Waals surface area contributed by atoms with Gasteiger partial charge in [0.25, 0.3) is 0 Å². The molecule has 2 nitrogen and oxygen atoms in total. The minimum absolute atomic E-state index is 0.0379. The first kappa shape index (κ1) is 11.7. The summed E-state index contributed by atoms with van der Waals surface area (Å²) in [4.78, 5) is 0. The summed E-state index contributed by atoms with van der Waals surface area (Å²) in [5.74, 6) is 0.775. The van der Waals surface area contributed by atoms with Crippen LogP contribution in [0.5, 0.6) is 5.75 Å². The van der Waals surface area contributed by atoms with Crippen LogP contribution in [0, 0.1) is 0 Å². The average molecular weight is 228 g/mol. The lowest BCUT2D eigenvalue weighted by molar-refractivity contribution is 0.267. The molecule has 0 fully saturated rings. The van der Waals surface area contributed by atoms with Gasteiger partial charge < -0.3 is 9.84 Å². The normalized spacial score (nSPS) is 10.2. The van der Waals surface area contributed by atoms with Gasteiger partial charge >= 0.3 is 0 Å². The highest BCUT2D eigenvalue weighted by Crippen LogP contribution is 2.29. The molecular formula is C15H16O2. The molecule has 3 rings (SSSR count). The molecule has 0 amide bonds. The van der Waals surface area contributed by atoms with E-state index < -0.39 is 0 Å². The van der Waals surface area contributed by atoms with Crippen LogP contribution < -0.4 is 4.74 Å². The van der Waals surface area contributed by atoms with Gasteiger partial charge in [-0.2, -0.15) is 0 Å². The van der Waals surface area contributed by atoms with E-state index in [9.17, 15) is 0 Å². The summed E-state index contributed by atoms with van der Waals surface area (Å²) in [5.41, 5.74) is 3.69. The van der Waals surface area contributed by atoms with Crippen LogP contribution in [0.3, 0.4) is 0 Å². The molecule has 17 heavy (non-hydrogen) atoms. The molecule has 2 heteroatoms. The maximum atomic E-state index is 8.87. The molecule has 0 bridgehead atoms. The molecule has 0 unspecified atom stereocenters. The van der Waals surface area contributed by atoms with Gasteiger partial charge in [0.05, 0.1) is 13.2 Å². The zero-order valence-corrected chi connectivity index (χ0v) is 9.89. The maximum absolute atomic E-state index is 8.87. The van der Waals surface area contributed by atoms with E-state index in [1.807, 2.05) is 31.2 Å². The van der Waals surface area contributed by atoms with E-state index in [2.05, 4.69) is 24.3 Å². The molecule has 0 spiro atoms. The van der Waals surface area contributed by atoms with Crippen molar-refractivity contribution >= 4 is 0 Å². The lowest BCUT2D eigenvalue weighted by atomic mass is 9.95. The monoisotopic (exact) mass is 228 g/mol. The van der Waals surface area contributed by atoms with E-state index >= 15 is 0 Å². The number of aliphatic hydroxyl groups excluding tert-OH is 1. The second kappa shape index (κ2) is 5.51. The third-order valence-corrected chi connectivity index (χ3v) is 2.66. The first-order chi connectivity index (χ1) is 8.35. The largest absolute Gasteiger partial charge is 0.494 e. The molecule has 0 aromatic heterocycles. The standard InChI is InChI=1S/C9H12O2.C6H4/c1-2-11-9-6-4-3-5-8(9)7-10;1-2-6-4-3-5(1)6/h3-6,10H,2,7H2,1H3;1-4H. The van der Waals surface area contributed by atoms with Gasteiger partial charge in [-0.1, -0.05) is 42.5 Å². The van der Waals surface area contributed by atoms with Gasteiger partial charge in [0.1, 0.15) is 5.75 Å². The van der Waals surface area contributed by atoms with Crippen LogP contribution in [-0.4, -0.2) is 11.7 Å². The Hall–Kier alpha value is -1.80. The number of rotatable bonds is 3. The van der Waals surface area contributed by atoms with Crippen LogP contribution in [0.1, 0.15) is 12.5 Å². The first-order valence-electron chi connectivity index (χ1n) is 5.77. The highest BCUT2D eigenvalue weighted by atomic mass is 16.5. The molecule has 0 heterocycles. The van der Waals surface area contributed by atoms with E-state index in [0.717, 1.165) is 11.3 Å². The molecule has 1 N–H and O–H groups in total. The minimum Gasteiger partial charge on any atom is -0.494 e. The van der Waals surface area contributed by atoms with Crippen LogP contribution in [0.25, 0.3) is 11.1 Å². The van der Waals surface area contributed by atoms with Crippen LogP contribution in [0.15, 0.2) is 48.5 Å². The zero-order chi connectivity index (χ0) is 12.1. The van der Waals surface area contributed by atoms with Crippen molar-refractivity contribution in [1.29, 1.82) is 0 Å². The van der Waals surface area contributed by atoms with Crippen molar-refractivity contribution in [2.24, 2.45) is 0 Å². The molecule has 2 aliphatic carbocycles. The number of hydrogen-bond donors (Lipinski definition) is 1. The fraction of sp³-hybridized carbons (Fsp3) is 0.200. The number of fused-ring (bicyclic) bond motifs is 1. The summed E-state index contributed by atoms with van der Waals surface area (Å²) in [5, 5.41) is 8.87. The molecule has 88 valence electrons. The number of hydrogen-bond acceptors (Lipinski definition) is 2. The number of para-hydroxylation sites is 1. The van der Waals surface area contributed by atoms with Gasteiger partial charge in [0.2, 0.25) is 0 Å². The second-order valence-electron chi connectivity index (χ2n) is 3.78. The number of aliphatic hydroxyl groups is 1. The Morgan fingerprint density at radius 3 is 1.94 bits per heavy atom. The number of ether oxygens (including phenoxy) is 1. The van der Waals surface area contributed by atoms with E-state index in [1.54, 1.807) is 0 Å². The van der Waals surface area contributed by atoms with Gasteiger partial charge in [-0.25, -0.2) is 0 Å². The van der Waals surface area contributed by atoms with Crippen molar-refractivity contribution in [3.63, 3.8) is 0 Å². The SMILES string of the molecule is CCOc1ccccc1CO.c1cc2ccc1-2. The van der Waals surface area contributed by atoms with E-state index in [1.165, 1.54) is 11.1 Å². The second-order valence-corrected chi connectivity index (χ2v) is 3.78. The molecular weight excluding hydrogens is 212 g/mol. The quantitative estimate of drug-likeness (QED) is 0.745. The van der Waals surface area contributed by atoms with Gasteiger partial charge in [-0.15, -0.1) is 0 Å². The van der Waals surface area contributed by atoms with Crippen LogP contribution in [-0.2, 0) is 6.61 Å². The lowest BCUT2D eigenvalue weighted by Gasteiger charge is -2.10. The van der Waals surface area contributed by atoms with Crippen molar-refractivity contribution in [2.75, 3.05) is 6.61 Å². The van der Waals surface area contributed by atoms with Gasteiger partial charge in [-0.3, -0.25) is 0 Å². The Labute approximate surface area is 101 Å². The van der Waals surface area contributed by atoms with Crippen molar-refractivity contribution in [2.45, 2.75) is 13.5 Å². The Morgan fingerprint density at radius 2 is 1.53 bits per heavy atom. The van der Waals surface area contributed by atoms with E-state index in [4.69, 9.17) is 9.84 Å². The Balaban J connectivity index is 0.000000148. The fourth-order valence-electron chi connectivity index (χ4n) is 1.59. The average Bonchev–Trinajstić information content (AvgIpc) is 2.35. The molecule has 2 aliphatic rings. The minimum atomic E-state index is 0.0379. The Kier molecular flexibility index (Phi) is 3.78. The highest BCUT2D eigenvalue weighted by Gasteiger charge is 2.04. The molecule has 0 atom stereocenters. The topological polar surface area (TPSA) is 29.5 Å². The summed E-state index contributed by atoms with van der Waals surface area (Å²) in [6.07, 6.45) is 0. The lowest BCUT2D eigenvalue weighted by Crippen LogP contribution is -1.95. The van der Waals surface area contributed by atoms with Gasteiger partial charge in [-0.05, 0) is 24.1 Å². The summed E-state index contributed by atoms with van der Waals surface area (Å²) >= 11 is 0. The fourth-order valence-corrected chi connectivity index (χ4v) is 1.59. The van der Waals surface area contributed by atoms with Gasteiger partial charge in [0.15, 0.2) is 0 Å². The zero-order valence-electron chi connectivity index (χ0n) is 9.89. The molecule has 0 saturated carbocycles. The molecule has 1 aromatic carbocycles. The molecule has 0 saturated heterocycles. The highest BCUT2D eigenvalue weighted by molar-refractivity contribution is 5.75. The van der Waals surface area contributed by atoms with Crippen molar-refractivity contribution in [3.8, 4) is 16.9 Å². The first-order valence-corrected chi connectivity index (χ1v) is 5.77. The number of benzene rings is 2. The van der Waals surface area contributed by atoms with Crippen molar-refractivity contribution in [1.82, 2.24) is 0 Å². The molecule has 1 aromatic rings. The molecule has 0 radical (unpaired) electrons. The van der Waals surface area contributed by atoms with E-state index in [0.29, 0.717) is 6.61 Å². The van der Waals surface area contributed by atoms with Crippen molar-refractivity contribution in [3.05, 3.63) is 54.1 Å². The Morgan fingerprint density at radius 1 is 0.941 bits per heavy atom. The smallest absolute Gasteiger partial charge is 0.124 e. The van der Waals surface area contributed by atoms with Gasteiger partial charge in [0, 0.05) is 5.56 Å².